The van der Waals surface area contributed by atoms with Crippen LogP contribution in [0.4, 0.5) is 0 Å². The molecule has 0 saturated heterocycles. The van der Waals surface area contributed by atoms with E-state index in [4.69, 9.17) is 0 Å². The Morgan fingerprint density at radius 2 is 2.33 bits per heavy atom. The molecule has 0 fully saturated rings. The van der Waals surface area contributed by atoms with Crippen LogP contribution in [0, 0.1) is 5.80 Å². The van der Waals surface area contributed by atoms with Crippen molar-refractivity contribution in [2.24, 2.45) is 0 Å². The standard InChI is InChI=1S/C4H4P.Li/c1-2-4-5-3-1;/h1-3,5H;/q-1;+1. The maximum atomic E-state index is 3.01. The molecule has 26 valence electrons. The normalized spacial score (nSPS) is 8.00. The Hall–Kier alpha value is 0.377. The second kappa shape index (κ2) is 3.56. The van der Waals surface area contributed by atoms with Gasteiger partial charge in [-0.2, -0.15) is 17.7 Å². The van der Waals surface area contributed by atoms with Crippen LogP contribution in [0.3, 0.4) is 0 Å². The molecular weight excluding hydrogens is 86.0 g/mol. The monoisotopic (exact) mass is 90.0 g/mol. The summed E-state index contributed by atoms with van der Waals surface area (Å²) in [5.74, 6) is 5.11. The summed E-state index contributed by atoms with van der Waals surface area (Å²) in [6, 6.07) is 3.96. The van der Waals surface area contributed by atoms with E-state index >= 15 is 0 Å². The topological polar surface area (TPSA) is 0 Å². The summed E-state index contributed by atoms with van der Waals surface area (Å²) < 4.78 is 0. The van der Waals surface area contributed by atoms with Crippen LogP contribution in [0.5, 0.6) is 0 Å². The fourth-order valence-corrected chi connectivity index (χ4v) is 0.722. The average Bonchev–Trinajstić information content (AvgIpc) is 1.76. The van der Waals surface area contributed by atoms with E-state index < -0.39 is 0 Å². The molecule has 0 amide bonds. The van der Waals surface area contributed by atoms with Gasteiger partial charge in [-0.15, -0.1) is 0 Å². The molecule has 1 rings (SSSR count). The predicted molar refractivity (Wildman–Crippen MR) is 24.8 cm³/mol. The zero-order valence-corrected chi connectivity index (χ0v) is 4.73. The Balaban J connectivity index is 0.000000250. The first-order chi connectivity index (χ1) is 2.50. The summed E-state index contributed by atoms with van der Waals surface area (Å²) in [6.45, 7) is 0. The van der Waals surface area contributed by atoms with E-state index in [0.29, 0.717) is 0 Å². The quantitative estimate of drug-likeness (QED) is 0.269. The van der Waals surface area contributed by atoms with Gasteiger partial charge in [-0.25, -0.2) is 6.07 Å². The molecule has 0 aliphatic rings. The molecule has 1 heterocycles. The molecule has 1 unspecified atom stereocenters. The zero-order chi connectivity index (χ0) is 3.54. The Morgan fingerprint density at radius 1 is 1.50 bits per heavy atom. The SMILES string of the molecule is [Li+].[c-]1ccc[pH]1. The molecule has 0 bridgehead atoms. The Labute approximate surface area is 51.2 Å². The Bertz CT molecular complexity index is 64.0. The summed E-state index contributed by atoms with van der Waals surface area (Å²) >= 11 is 0. The molecule has 2 heteroatoms. The van der Waals surface area contributed by atoms with Gasteiger partial charge in [0.1, 0.15) is 0 Å². The predicted octanol–water partition coefficient (Wildman–Crippen LogP) is -1.48. The van der Waals surface area contributed by atoms with Gasteiger partial charge in [0.15, 0.2) is 0 Å². The average molecular weight is 90.0 g/mol. The number of rotatable bonds is 0. The van der Waals surface area contributed by atoms with E-state index in [1.165, 1.54) is 0 Å². The van der Waals surface area contributed by atoms with Crippen LogP contribution in [0.2, 0.25) is 0 Å². The minimum absolute atomic E-state index is 0. The van der Waals surface area contributed by atoms with Crippen LogP contribution in [0.1, 0.15) is 0 Å². The first-order valence-corrected chi connectivity index (χ1v) is 2.57. The summed E-state index contributed by atoms with van der Waals surface area (Å²) in [5.41, 5.74) is 0. The van der Waals surface area contributed by atoms with Crippen LogP contribution in [0.25, 0.3) is 0 Å². The largest absolute Gasteiger partial charge is 1.00 e. The molecule has 0 aliphatic carbocycles. The van der Waals surface area contributed by atoms with Gasteiger partial charge in [-0.05, 0) is 0 Å². The van der Waals surface area contributed by atoms with Crippen LogP contribution in [-0.4, -0.2) is 0 Å². The molecule has 0 aliphatic heterocycles. The molecule has 1 aromatic heterocycles. The van der Waals surface area contributed by atoms with E-state index in [1.54, 1.807) is 0 Å². The van der Waals surface area contributed by atoms with Crippen LogP contribution >= 0.6 is 8.19 Å². The van der Waals surface area contributed by atoms with Gasteiger partial charge < -0.3 is 0 Å². The van der Waals surface area contributed by atoms with Crippen molar-refractivity contribution in [3.05, 3.63) is 23.7 Å². The number of hydrogen-bond acceptors (Lipinski definition) is 0. The van der Waals surface area contributed by atoms with E-state index in [1.807, 2.05) is 12.1 Å². The maximum absolute atomic E-state index is 3.01. The molecule has 0 N–H and O–H groups in total. The second-order valence-corrected chi connectivity index (χ2v) is 1.73. The molecule has 0 aromatic carbocycles. The molecule has 0 saturated carbocycles. The van der Waals surface area contributed by atoms with Gasteiger partial charge in [0, 0.05) is 0 Å². The molecular formula is C4H4LiP. The summed E-state index contributed by atoms with van der Waals surface area (Å²) in [4.78, 5) is 0. The Kier molecular flexibility index (Phi) is 3.79. The van der Waals surface area contributed by atoms with Gasteiger partial charge in [-0.1, -0.05) is 0 Å². The van der Waals surface area contributed by atoms with E-state index in [2.05, 4.69) is 11.6 Å². The van der Waals surface area contributed by atoms with Crippen molar-refractivity contribution in [2.45, 2.75) is 0 Å². The summed E-state index contributed by atoms with van der Waals surface area (Å²) in [7, 11) is 0.823. The molecule has 0 radical (unpaired) electrons. The molecule has 1 atom stereocenters. The third-order valence-electron chi connectivity index (χ3n) is 0.442. The van der Waals surface area contributed by atoms with Gasteiger partial charge in [0.05, 0.1) is 0 Å². The van der Waals surface area contributed by atoms with Gasteiger partial charge in [-0.3, -0.25) is 8.19 Å². The fraction of sp³-hybridized carbons (Fsp3) is 0. The summed E-state index contributed by atoms with van der Waals surface area (Å²) in [5, 5.41) is 0. The number of hydrogen-bond donors (Lipinski definition) is 0. The van der Waals surface area contributed by atoms with Crippen LogP contribution in [0.15, 0.2) is 17.9 Å². The van der Waals surface area contributed by atoms with E-state index in [-0.39, 0.29) is 18.9 Å². The van der Waals surface area contributed by atoms with Crippen molar-refractivity contribution in [1.29, 1.82) is 0 Å². The molecule has 1 aromatic rings. The maximum Gasteiger partial charge on any atom is 1.00 e. The van der Waals surface area contributed by atoms with E-state index in [0.717, 1.165) is 8.19 Å². The minimum Gasteiger partial charge on any atom is -0.271 e. The van der Waals surface area contributed by atoms with Crippen molar-refractivity contribution in [3.8, 4) is 0 Å². The van der Waals surface area contributed by atoms with Gasteiger partial charge in [0.25, 0.3) is 0 Å². The molecule has 0 nitrogen and oxygen atoms in total. The van der Waals surface area contributed by atoms with Crippen LogP contribution < -0.4 is 18.9 Å². The van der Waals surface area contributed by atoms with Gasteiger partial charge in [0.2, 0.25) is 0 Å². The van der Waals surface area contributed by atoms with E-state index in [9.17, 15) is 0 Å². The molecule has 0 spiro atoms. The Morgan fingerprint density at radius 3 is 2.50 bits per heavy atom. The fourth-order valence-electron chi connectivity index (χ4n) is 0.241. The van der Waals surface area contributed by atoms with Crippen molar-refractivity contribution in [1.82, 2.24) is 0 Å². The van der Waals surface area contributed by atoms with Gasteiger partial charge >= 0.3 is 18.9 Å². The first kappa shape index (κ1) is 6.38. The summed E-state index contributed by atoms with van der Waals surface area (Å²) in [6.07, 6.45) is 0. The third kappa shape index (κ3) is 1.73. The minimum atomic E-state index is 0. The van der Waals surface area contributed by atoms with Crippen LogP contribution in [-0.2, 0) is 0 Å². The zero-order valence-electron chi connectivity index (χ0n) is 3.73. The third-order valence-corrected chi connectivity index (χ3v) is 1.13. The second-order valence-electron chi connectivity index (χ2n) is 0.814. The van der Waals surface area contributed by atoms with Crippen molar-refractivity contribution < 1.29 is 18.9 Å². The van der Waals surface area contributed by atoms with Crippen molar-refractivity contribution in [2.75, 3.05) is 0 Å². The first-order valence-electron chi connectivity index (χ1n) is 1.49. The van der Waals surface area contributed by atoms with Crippen molar-refractivity contribution >= 4 is 8.19 Å². The smallest absolute Gasteiger partial charge is 0.271 e. The molecule has 6 heavy (non-hydrogen) atoms. The van der Waals surface area contributed by atoms with Crippen molar-refractivity contribution in [3.63, 3.8) is 0 Å².